The minimum absolute atomic E-state index is 0.00232. The highest BCUT2D eigenvalue weighted by Crippen LogP contribution is 2.48. The zero-order valence-corrected chi connectivity index (χ0v) is 26.3. The molecule has 1 unspecified atom stereocenters. The normalized spacial score (nSPS) is 19.7. The second-order valence-electron chi connectivity index (χ2n) is 11.5. The van der Waals surface area contributed by atoms with Crippen molar-refractivity contribution in [1.82, 2.24) is 14.9 Å². The van der Waals surface area contributed by atoms with E-state index in [9.17, 15) is 26.4 Å². The first-order valence-corrected chi connectivity index (χ1v) is 17.0. The van der Waals surface area contributed by atoms with Crippen molar-refractivity contribution in [2.24, 2.45) is 0 Å². The Balaban J connectivity index is 1.26. The average Bonchev–Trinajstić information content (AvgIpc) is 3.41. The molecule has 3 aromatic rings. The lowest BCUT2D eigenvalue weighted by Crippen LogP contribution is -2.48. The monoisotopic (exact) mass is 635 g/mol. The molecule has 0 amide bonds. The second kappa shape index (κ2) is 12.0. The third-order valence-electron chi connectivity index (χ3n) is 8.61. The van der Waals surface area contributed by atoms with Crippen LogP contribution in [0, 0.1) is 6.92 Å². The molecule has 1 spiro atoms. The SMILES string of the molecule is CCS(=O)(=O)c1ccc(CCC(=O)c2cc3c(s2)C2(CCN(C(C)c4cnc(C(F)(F)F)nc4C)CC2)O[C@@H](C)C3)cc1. The third kappa shape index (κ3) is 6.57. The van der Waals surface area contributed by atoms with Crippen molar-refractivity contribution >= 4 is 27.0 Å². The predicted octanol–water partition coefficient (Wildman–Crippen LogP) is 6.49. The number of halogens is 3. The smallest absolute Gasteiger partial charge is 0.366 e. The van der Waals surface area contributed by atoms with Gasteiger partial charge in [0.05, 0.1) is 21.6 Å². The molecule has 0 N–H and O–H groups in total. The van der Waals surface area contributed by atoms with Crippen LogP contribution in [0.5, 0.6) is 0 Å². The van der Waals surface area contributed by atoms with Gasteiger partial charge in [-0.15, -0.1) is 11.3 Å². The number of ketones is 1. The molecule has 12 heteroatoms. The van der Waals surface area contributed by atoms with Crippen LogP contribution in [0.25, 0.3) is 0 Å². The Morgan fingerprint density at radius 3 is 2.49 bits per heavy atom. The van der Waals surface area contributed by atoms with Gasteiger partial charge in [0.15, 0.2) is 15.6 Å². The molecule has 2 atom stereocenters. The highest BCUT2D eigenvalue weighted by atomic mass is 32.2. The van der Waals surface area contributed by atoms with Crippen molar-refractivity contribution in [3.8, 4) is 0 Å². The van der Waals surface area contributed by atoms with Crippen molar-refractivity contribution < 1.29 is 31.1 Å². The first kappa shape index (κ1) is 31.7. The zero-order valence-electron chi connectivity index (χ0n) is 24.7. The number of hydrogen-bond donors (Lipinski definition) is 0. The number of aromatic nitrogens is 2. The number of carbonyl (C=O) groups is 1. The average molecular weight is 636 g/mol. The molecule has 2 aliphatic rings. The van der Waals surface area contributed by atoms with Crippen molar-refractivity contribution in [2.75, 3.05) is 18.8 Å². The van der Waals surface area contributed by atoms with Gasteiger partial charge in [-0.25, -0.2) is 18.4 Å². The fourth-order valence-electron chi connectivity index (χ4n) is 6.14. The zero-order chi connectivity index (χ0) is 31.2. The third-order valence-corrected chi connectivity index (χ3v) is 11.8. The quantitative estimate of drug-likeness (QED) is 0.262. The number of piperidine rings is 1. The fraction of sp³-hybridized carbons (Fsp3) is 0.516. The Morgan fingerprint density at radius 1 is 1.21 bits per heavy atom. The second-order valence-corrected chi connectivity index (χ2v) is 14.8. The van der Waals surface area contributed by atoms with Crippen LogP contribution in [-0.2, 0) is 39.2 Å². The van der Waals surface area contributed by atoms with Crippen molar-refractivity contribution in [3.63, 3.8) is 0 Å². The summed E-state index contributed by atoms with van der Waals surface area (Å²) in [5.41, 5.74) is 2.55. The Kier molecular flexibility index (Phi) is 8.88. The summed E-state index contributed by atoms with van der Waals surface area (Å²) in [6.45, 7) is 8.57. The number of sulfone groups is 1. The first-order valence-electron chi connectivity index (χ1n) is 14.5. The largest absolute Gasteiger partial charge is 0.451 e. The van der Waals surface area contributed by atoms with Crippen molar-refractivity contribution in [1.29, 1.82) is 0 Å². The van der Waals surface area contributed by atoms with Crippen LogP contribution < -0.4 is 0 Å². The topological polar surface area (TPSA) is 89.5 Å². The minimum Gasteiger partial charge on any atom is -0.366 e. The van der Waals surface area contributed by atoms with E-state index in [1.54, 1.807) is 38.1 Å². The van der Waals surface area contributed by atoms with Gasteiger partial charge in [0.1, 0.15) is 5.60 Å². The summed E-state index contributed by atoms with van der Waals surface area (Å²) < 4.78 is 69.9. The molecule has 0 saturated carbocycles. The summed E-state index contributed by atoms with van der Waals surface area (Å²) in [6, 6.07) is 8.60. The molecular weight excluding hydrogens is 599 g/mol. The Hall–Kier alpha value is -2.67. The van der Waals surface area contributed by atoms with E-state index in [-0.39, 0.29) is 23.7 Å². The van der Waals surface area contributed by atoms with Gasteiger partial charge < -0.3 is 4.74 Å². The number of likely N-dealkylation sites (tertiary alicyclic amines) is 1. The van der Waals surface area contributed by atoms with E-state index in [4.69, 9.17) is 4.74 Å². The number of alkyl halides is 3. The van der Waals surface area contributed by atoms with E-state index in [0.29, 0.717) is 59.8 Å². The van der Waals surface area contributed by atoms with Crippen LogP contribution >= 0.6 is 11.3 Å². The summed E-state index contributed by atoms with van der Waals surface area (Å²) in [6.07, 6.45) is -0.311. The molecule has 4 heterocycles. The summed E-state index contributed by atoms with van der Waals surface area (Å²) in [4.78, 5) is 24.9. The molecule has 5 rings (SSSR count). The van der Waals surface area contributed by atoms with E-state index in [1.165, 1.54) is 17.5 Å². The summed E-state index contributed by atoms with van der Waals surface area (Å²) in [5.74, 6) is -1.03. The maximum Gasteiger partial charge on any atom is 0.451 e. The van der Waals surface area contributed by atoms with Crippen LogP contribution in [0.15, 0.2) is 41.4 Å². The summed E-state index contributed by atoms with van der Waals surface area (Å²) in [5, 5.41) is 0. The number of rotatable bonds is 8. The molecule has 1 aromatic carbocycles. The van der Waals surface area contributed by atoms with Crippen LogP contribution in [0.1, 0.15) is 88.8 Å². The lowest BCUT2D eigenvalue weighted by molar-refractivity contribution is -0.145. The van der Waals surface area contributed by atoms with Crippen molar-refractivity contribution in [3.05, 3.63) is 74.5 Å². The van der Waals surface area contributed by atoms with Crippen molar-refractivity contribution in [2.45, 2.75) is 88.6 Å². The molecule has 1 fully saturated rings. The van der Waals surface area contributed by atoms with Gasteiger partial charge in [-0.1, -0.05) is 19.1 Å². The van der Waals surface area contributed by atoms with Crippen LogP contribution in [0.3, 0.4) is 0 Å². The van der Waals surface area contributed by atoms with E-state index >= 15 is 0 Å². The number of benzene rings is 1. The lowest BCUT2D eigenvalue weighted by Gasteiger charge is -2.47. The highest BCUT2D eigenvalue weighted by Gasteiger charge is 2.45. The number of fused-ring (bicyclic) bond motifs is 2. The number of carbonyl (C=O) groups excluding carboxylic acids is 1. The number of thiophene rings is 1. The summed E-state index contributed by atoms with van der Waals surface area (Å²) in [7, 11) is -3.26. The van der Waals surface area contributed by atoms with E-state index in [0.717, 1.165) is 22.4 Å². The molecular formula is C31H36F3N3O4S2. The maximum atomic E-state index is 13.3. The highest BCUT2D eigenvalue weighted by molar-refractivity contribution is 7.91. The van der Waals surface area contributed by atoms with Gasteiger partial charge in [-0.3, -0.25) is 9.69 Å². The molecule has 1 saturated heterocycles. The van der Waals surface area contributed by atoms with Gasteiger partial charge in [0, 0.05) is 47.9 Å². The number of Topliss-reactive ketones (excluding diaryl/α,β-unsaturated/α-hetero) is 1. The number of nitrogens with zero attached hydrogens (tertiary/aromatic N) is 3. The minimum atomic E-state index is -4.58. The number of hydrogen-bond acceptors (Lipinski definition) is 8. The van der Waals surface area contributed by atoms with Gasteiger partial charge in [0.2, 0.25) is 5.82 Å². The molecule has 0 radical (unpaired) electrons. The number of aryl methyl sites for hydroxylation is 2. The molecule has 2 aromatic heterocycles. The summed E-state index contributed by atoms with van der Waals surface area (Å²) >= 11 is 1.51. The number of ether oxygens (including phenoxy) is 1. The molecule has 232 valence electrons. The van der Waals surface area contributed by atoms with Crippen LogP contribution in [0.2, 0.25) is 0 Å². The fourth-order valence-corrected chi connectivity index (χ4v) is 8.37. The molecule has 43 heavy (non-hydrogen) atoms. The molecule has 7 nitrogen and oxygen atoms in total. The van der Waals surface area contributed by atoms with Crippen LogP contribution in [0.4, 0.5) is 13.2 Å². The Morgan fingerprint density at radius 2 is 1.88 bits per heavy atom. The lowest BCUT2D eigenvalue weighted by atomic mass is 9.83. The predicted molar refractivity (Wildman–Crippen MR) is 158 cm³/mol. The van der Waals surface area contributed by atoms with E-state index in [2.05, 4.69) is 14.9 Å². The van der Waals surface area contributed by atoms with Gasteiger partial charge in [0.25, 0.3) is 0 Å². The molecule has 0 bridgehead atoms. The van der Waals surface area contributed by atoms with E-state index in [1.807, 2.05) is 19.9 Å². The molecule has 2 aliphatic heterocycles. The van der Waals surface area contributed by atoms with Crippen LogP contribution in [-0.4, -0.2) is 54.0 Å². The standard InChI is InChI=1S/C31H36F3N3O4S2/c1-5-43(39,40)24-9-6-22(7-10-24)8-11-26(38)27-17-23-16-19(2)41-30(28(23)42-27)12-14-37(15-13-30)21(4)25-18-35-29(31(32,33)34)36-20(25)3/h6-7,9-10,17-19,21H,5,8,11-16H2,1-4H3/t19-,21?/m0/s1. The van der Waals surface area contributed by atoms with Gasteiger partial charge in [-0.05, 0) is 75.8 Å². The Bertz CT molecular complexity index is 1600. The Labute approximate surface area is 254 Å². The maximum absolute atomic E-state index is 13.3. The van der Waals surface area contributed by atoms with Gasteiger partial charge >= 0.3 is 6.18 Å². The molecule has 0 aliphatic carbocycles. The van der Waals surface area contributed by atoms with E-state index < -0.39 is 27.4 Å². The first-order chi connectivity index (χ1) is 20.2. The van der Waals surface area contributed by atoms with Gasteiger partial charge in [-0.2, -0.15) is 13.2 Å².